The Morgan fingerprint density at radius 3 is 2.53 bits per heavy atom. The molecule has 1 aromatic carbocycles. The van der Waals surface area contributed by atoms with Crippen LogP contribution < -0.4 is 0 Å². The molecule has 4 rings (SSSR count). The van der Waals surface area contributed by atoms with E-state index in [4.69, 9.17) is 4.42 Å². The number of hydrogen-bond donors (Lipinski definition) is 1. The van der Waals surface area contributed by atoms with Crippen LogP contribution in [0.3, 0.4) is 0 Å². The molecule has 34 heavy (non-hydrogen) atoms. The number of rotatable bonds is 8. The van der Waals surface area contributed by atoms with E-state index in [0.29, 0.717) is 24.5 Å². The van der Waals surface area contributed by atoms with Gasteiger partial charge in [0.15, 0.2) is 5.78 Å². The summed E-state index contributed by atoms with van der Waals surface area (Å²) >= 11 is 1.61. The van der Waals surface area contributed by atoms with Crippen molar-refractivity contribution < 1.29 is 19.1 Å². The molecular formula is C26H31N3O4S. The van der Waals surface area contributed by atoms with E-state index in [-0.39, 0.29) is 30.6 Å². The van der Waals surface area contributed by atoms with Gasteiger partial charge >= 0.3 is 0 Å². The Kier molecular flexibility index (Phi) is 7.28. The molecule has 0 bridgehead atoms. The van der Waals surface area contributed by atoms with Crippen molar-refractivity contribution in [3.8, 4) is 10.4 Å². The van der Waals surface area contributed by atoms with E-state index in [0.717, 1.165) is 21.7 Å². The van der Waals surface area contributed by atoms with E-state index in [9.17, 15) is 14.7 Å². The van der Waals surface area contributed by atoms with Crippen LogP contribution >= 0.6 is 11.3 Å². The highest BCUT2D eigenvalue weighted by Gasteiger charge is 2.43. The maximum Gasteiger partial charge on any atom is 0.236 e. The van der Waals surface area contributed by atoms with Gasteiger partial charge in [0.1, 0.15) is 11.7 Å². The van der Waals surface area contributed by atoms with E-state index in [2.05, 4.69) is 22.1 Å². The fourth-order valence-corrected chi connectivity index (χ4v) is 5.38. The van der Waals surface area contributed by atoms with Gasteiger partial charge in [-0.05, 0) is 37.3 Å². The summed E-state index contributed by atoms with van der Waals surface area (Å²) in [6.07, 6.45) is 2.05. The van der Waals surface area contributed by atoms with Gasteiger partial charge in [-0.3, -0.25) is 9.59 Å². The Morgan fingerprint density at radius 1 is 1.21 bits per heavy atom. The van der Waals surface area contributed by atoms with Gasteiger partial charge in [-0.25, -0.2) is 9.97 Å². The van der Waals surface area contributed by atoms with Gasteiger partial charge in [0, 0.05) is 19.4 Å². The monoisotopic (exact) mass is 481 g/mol. The number of ketones is 1. The number of aryl methyl sites for hydroxylation is 3. The first-order chi connectivity index (χ1) is 16.2. The summed E-state index contributed by atoms with van der Waals surface area (Å²) in [5, 5.41) is 10.3. The lowest BCUT2D eigenvalue weighted by molar-refractivity contribution is -0.140. The third-order valence-electron chi connectivity index (χ3n) is 6.39. The highest BCUT2D eigenvalue weighted by Crippen LogP contribution is 2.31. The lowest BCUT2D eigenvalue weighted by Gasteiger charge is -2.28. The minimum Gasteiger partial charge on any atom is -0.445 e. The van der Waals surface area contributed by atoms with Crippen molar-refractivity contribution in [2.24, 2.45) is 5.92 Å². The van der Waals surface area contributed by atoms with Gasteiger partial charge in [0.05, 0.1) is 34.4 Å². The number of likely N-dealkylation sites (tertiary alicyclic amines) is 1. The largest absolute Gasteiger partial charge is 0.445 e. The Bertz CT molecular complexity index is 1150. The maximum absolute atomic E-state index is 13.5. The van der Waals surface area contributed by atoms with Crippen LogP contribution in [0.4, 0.5) is 0 Å². The Labute approximate surface area is 203 Å². The molecule has 0 radical (unpaired) electrons. The van der Waals surface area contributed by atoms with Crippen LogP contribution in [0.5, 0.6) is 0 Å². The van der Waals surface area contributed by atoms with Crippen LogP contribution in [0.15, 0.2) is 40.4 Å². The zero-order valence-electron chi connectivity index (χ0n) is 20.0. The molecule has 3 heterocycles. The highest BCUT2D eigenvalue weighted by atomic mass is 32.1. The van der Waals surface area contributed by atoms with E-state index in [1.807, 2.05) is 38.4 Å². The molecule has 1 aliphatic heterocycles. The number of aliphatic hydroxyl groups is 1. The van der Waals surface area contributed by atoms with Gasteiger partial charge < -0.3 is 14.4 Å². The Morgan fingerprint density at radius 2 is 1.94 bits per heavy atom. The van der Waals surface area contributed by atoms with Crippen molar-refractivity contribution in [3.05, 3.63) is 58.9 Å². The van der Waals surface area contributed by atoms with Crippen LogP contribution in [0.25, 0.3) is 10.4 Å². The molecule has 1 amide bonds. The van der Waals surface area contributed by atoms with E-state index < -0.39 is 18.1 Å². The molecule has 0 spiro atoms. The quantitative estimate of drug-likeness (QED) is 0.515. The number of carbonyl (C=O) groups is 2. The Balaban J connectivity index is 1.43. The number of benzene rings is 1. The molecular weight excluding hydrogens is 450 g/mol. The lowest BCUT2D eigenvalue weighted by Crippen LogP contribution is -2.44. The van der Waals surface area contributed by atoms with E-state index in [1.165, 1.54) is 4.90 Å². The molecule has 1 saturated heterocycles. The number of oxazole rings is 1. The average Bonchev–Trinajstić information content (AvgIpc) is 3.52. The van der Waals surface area contributed by atoms with Gasteiger partial charge in [0.25, 0.3) is 0 Å². The molecule has 7 nitrogen and oxygen atoms in total. The predicted octanol–water partition coefficient (Wildman–Crippen LogP) is 4.32. The maximum atomic E-state index is 13.5. The standard InChI is InChI=1S/C26H31N3O4S/c1-15(2)23(25-27-12-16(3)33-25)26(32)29-13-20(30)11-21(29)22(31)10-7-18-5-8-19(9-6-18)24-17(4)28-14-34-24/h5-6,8-9,12,14-15,20-21,23,30H,7,10-11,13H2,1-4H3/t20-,21+,23-/m1/s1. The number of thiazole rings is 1. The zero-order valence-corrected chi connectivity index (χ0v) is 20.8. The fraction of sp³-hybridized carbons (Fsp3) is 0.462. The number of Topliss-reactive ketones (excluding diaryl/α,β-unsaturated/α-hetero) is 1. The summed E-state index contributed by atoms with van der Waals surface area (Å²) in [5.41, 5.74) is 5.03. The molecule has 1 N–H and O–H groups in total. The summed E-state index contributed by atoms with van der Waals surface area (Å²) in [6.45, 7) is 7.80. The molecule has 1 aliphatic rings. The third kappa shape index (κ3) is 5.13. The van der Waals surface area contributed by atoms with Crippen molar-refractivity contribution in [1.29, 1.82) is 0 Å². The first kappa shape index (κ1) is 24.3. The first-order valence-corrected chi connectivity index (χ1v) is 12.6. The van der Waals surface area contributed by atoms with Crippen LogP contribution in [0.2, 0.25) is 0 Å². The topological polar surface area (TPSA) is 96.5 Å². The molecule has 0 aliphatic carbocycles. The van der Waals surface area contributed by atoms with Gasteiger partial charge in [0.2, 0.25) is 11.8 Å². The van der Waals surface area contributed by atoms with Crippen molar-refractivity contribution in [3.63, 3.8) is 0 Å². The average molecular weight is 482 g/mol. The minimum atomic E-state index is -0.709. The first-order valence-electron chi connectivity index (χ1n) is 11.7. The third-order valence-corrected chi connectivity index (χ3v) is 7.37. The van der Waals surface area contributed by atoms with Crippen molar-refractivity contribution in [1.82, 2.24) is 14.9 Å². The summed E-state index contributed by atoms with van der Waals surface area (Å²) in [6, 6.07) is 7.56. The molecule has 0 unspecified atom stereocenters. The van der Waals surface area contributed by atoms with Gasteiger partial charge in [-0.1, -0.05) is 38.1 Å². The predicted molar refractivity (Wildman–Crippen MR) is 131 cm³/mol. The van der Waals surface area contributed by atoms with Crippen LogP contribution in [0.1, 0.15) is 55.5 Å². The van der Waals surface area contributed by atoms with Crippen molar-refractivity contribution in [2.45, 2.75) is 65.0 Å². The van der Waals surface area contributed by atoms with Crippen LogP contribution in [-0.2, 0) is 16.0 Å². The molecule has 1 fully saturated rings. The lowest BCUT2D eigenvalue weighted by atomic mass is 9.93. The summed E-state index contributed by atoms with van der Waals surface area (Å²) in [4.78, 5) is 37.9. The molecule has 3 atom stereocenters. The summed E-state index contributed by atoms with van der Waals surface area (Å²) in [5.74, 6) is 0.117. The highest BCUT2D eigenvalue weighted by molar-refractivity contribution is 7.13. The number of β-amino-alcohol motifs (C(OH)–C–C–N with tert-alkyl or cyclic N) is 1. The second-order valence-corrected chi connectivity index (χ2v) is 10.2. The van der Waals surface area contributed by atoms with Crippen molar-refractivity contribution >= 4 is 23.0 Å². The normalized spacial score (nSPS) is 19.1. The molecule has 0 saturated carbocycles. The van der Waals surface area contributed by atoms with E-state index in [1.54, 1.807) is 24.5 Å². The van der Waals surface area contributed by atoms with Gasteiger partial charge in [-0.15, -0.1) is 11.3 Å². The van der Waals surface area contributed by atoms with E-state index >= 15 is 0 Å². The van der Waals surface area contributed by atoms with Crippen LogP contribution in [0, 0.1) is 19.8 Å². The second kappa shape index (κ2) is 10.2. The smallest absolute Gasteiger partial charge is 0.236 e. The number of aromatic nitrogens is 2. The molecule has 3 aromatic rings. The molecule has 8 heteroatoms. The number of nitrogens with zero attached hydrogens (tertiary/aromatic N) is 3. The fourth-order valence-electron chi connectivity index (χ4n) is 4.57. The van der Waals surface area contributed by atoms with Crippen molar-refractivity contribution in [2.75, 3.05) is 6.54 Å². The molecule has 180 valence electrons. The minimum absolute atomic E-state index is 0.0293. The number of aliphatic hydroxyl groups excluding tert-OH is 1. The van der Waals surface area contributed by atoms with Crippen LogP contribution in [-0.4, -0.2) is 50.4 Å². The number of hydrogen-bond acceptors (Lipinski definition) is 7. The summed E-state index contributed by atoms with van der Waals surface area (Å²) < 4.78 is 5.65. The number of carbonyl (C=O) groups excluding carboxylic acids is 2. The molecule has 2 aromatic heterocycles. The summed E-state index contributed by atoms with van der Waals surface area (Å²) in [7, 11) is 0. The second-order valence-electron chi connectivity index (χ2n) is 9.36. The number of amides is 1. The van der Waals surface area contributed by atoms with Gasteiger partial charge in [-0.2, -0.15) is 0 Å². The zero-order chi connectivity index (χ0) is 24.4. The Hall–Kier alpha value is -2.84. The SMILES string of the molecule is Cc1cnc([C@H](C(=O)N2C[C@H](O)C[C@H]2C(=O)CCc2ccc(-c3scnc3C)cc2)C(C)C)o1.